The third-order valence-corrected chi connectivity index (χ3v) is 3.58. The minimum Gasteiger partial charge on any atom is -0.490 e. The maximum atomic E-state index is 12.7. The molecule has 0 aliphatic heterocycles. The van der Waals surface area contributed by atoms with Gasteiger partial charge in [-0.1, -0.05) is 6.92 Å². The van der Waals surface area contributed by atoms with Gasteiger partial charge in [0.25, 0.3) is 5.91 Å². The van der Waals surface area contributed by atoms with Crippen molar-refractivity contribution < 1.29 is 24.0 Å². The highest BCUT2D eigenvalue weighted by Crippen LogP contribution is 2.28. The molecule has 0 radical (unpaired) electrons. The van der Waals surface area contributed by atoms with Crippen LogP contribution in [0.1, 0.15) is 31.1 Å². The van der Waals surface area contributed by atoms with Gasteiger partial charge in [-0.15, -0.1) is 0 Å². The molecule has 0 spiro atoms. The van der Waals surface area contributed by atoms with Crippen molar-refractivity contribution in [2.45, 2.75) is 26.8 Å². The van der Waals surface area contributed by atoms with Crippen LogP contribution in [0.4, 0.5) is 5.69 Å². The van der Waals surface area contributed by atoms with Crippen LogP contribution in [-0.4, -0.2) is 48.5 Å². The molecule has 0 aromatic heterocycles. The molecule has 1 unspecified atom stereocenters. The van der Waals surface area contributed by atoms with Crippen molar-refractivity contribution in [3.63, 3.8) is 0 Å². The van der Waals surface area contributed by atoms with E-state index in [9.17, 15) is 19.7 Å². The Balaban J connectivity index is 3.13. The van der Waals surface area contributed by atoms with Crippen molar-refractivity contribution in [1.29, 1.82) is 0 Å². The molecule has 8 heteroatoms. The lowest BCUT2D eigenvalue weighted by molar-refractivity contribution is -0.385. The van der Waals surface area contributed by atoms with Gasteiger partial charge in [0.05, 0.1) is 25.1 Å². The molecule has 0 aliphatic carbocycles. The van der Waals surface area contributed by atoms with Gasteiger partial charge in [-0.05, 0) is 26.0 Å². The van der Waals surface area contributed by atoms with Gasteiger partial charge in [-0.2, -0.15) is 0 Å². The van der Waals surface area contributed by atoms with E-state index in [1.54, 1.807) is 20.8 Å². The van der Waals surface area contributed by atoms with Crippen molar-refractivity contribution in [1.82, 2.24) is 4.90 Å². The van der Waals surface area contributed by atoms with Gasteiger partial charge in [0.2, 0.25) is 0 Å². The summed E-state index contributed by atoms with van der Waals surface area (Å²) >= 11 is 0. The number of methoxy groups -OCH3 is 2. The molecule has 1 rings (SSSR count). The van der Waals surface area contributed by atoms with Gasteiger partial charge in [-0.25, -0.2) is 0 Å². The summed E-state index contributed by atoms with van der Waals surface area (Å²) in [5, 5.41) is 11.1. The number of carbonyl (C=O) groups is 2. The van der Waals surface area contributed by atoms with Gasteiger partial charge in [0, 0.05) is 24.2 Å². The Kier molecular flexibility index (Phi) is 6.69. The third kappa shape index (κ3) is 4.43. The minimum absolute atomic E-state index is 0.0792. The predicted molar refractivity (Wildman–Crippen MR) is 87.0 cm³/mol. The standard InChI is InChI=1S/C16H22N2O6/c1-10(2)17(9-11(3)16(20)24-5)15(19)12-6-7-14(23-4)13(8-12)18(21)22/h6-8,10-11H,9H2,1-5H3. The second-order valence-electron chi connectivity index (χ2n) is 5.62. The number of nitro benzene ring substituents is 1. The molecule has 1 aromatic carbocycles. The van der Waals surface area contributed by atoms with Gasteiger partial charge < -0.3 is 14.4 Å². The number of esters is 1. The Morgan fingerprint density at radius 3 is 2.33 bits per heavy atom. The number of benzene rings is 1. The molecule has 0 heterocycles. The molecule has 24 heavy (non-hydrogen) atoms. The van der Waals surface area contributed by atoms with E-state index in [0.29, 0.717) is 0 Å². The fourth-order valence-electron chi connectivity index (χ4n) is 2.23. The second-order valence-corrected chi connectivity index (χ2v) is 5.62. The zero-order valence-corrected chi connectivity index (χ0v) is 14.4. The molecular formula is C16H22N2O6. The molecule has 1 aromatic rings. The number of hydrogen-bond donors (Lipinski definition) is 0. The maximum Gasteiger partial charge on any atom is 0.311 e. The van der Waals surface area contributed by atoms with Crippen molar-refractivity contribution in [3.05, 3.63) is 33.9 Å². The highest BCUT2D eigenvalue weighted by molar-refractivity contribution is 5.95. The summed E-state index contributed by atoms with van der Waals surface area (Å²) in [6.07, 6.45) is 0. The van der Waals surface area contributed by atoms with Crippen LogP contribution in [0.15, 0.2) is 18.2 Å². The fourth-order valence-corrected chi connectivity index (χ4v) is 2.23. The Morgan fingerprint density at radius 2 is 1.88 bits per heavy atom. The monoisotopic (exact) mass is 338 g/mol. The average molecular weight is 338 g/mol. The van der Waals surface area contributed by atoms with Gasteiger partial charge in [0.15, 0.2) is 5.75 Å². The SMILES string of the molecule is COC(=O)C(C)CN(C(=O)c1ccc(OC)c([N+](=O)[O-])c1)C(C)C. The molecule has 1 amide bonds. The molecule has 8 nitrogen and oxygen atoms in total. The van der Waals surface area contributed by atoms with E-state index in [0.717, 1.165) is 0 Å². The van der Waals surface area contributed by atoms with Gasteiger partial charge in [0.1, 0.15) is 0 Å². The predicted octanol–water partition coefficient (Wildman–Crippen LogP) is 2.26. The molecule has 132 valence electrons. The first-order valence-corrected chi connectivity index (χ1v) is 7.44. The van der Waals surface area contributed by atoms with Crippen LogP contribution >= 0.6 is 0 Å². The average Bonchev–Trinajstić information content (AvgIpc) is 2.56. The highest BCUT2D eigenvalue weighted by Gasteiger charge is 2.26. The number of ether oxygens (including phenoxy) is 2. The van der Waals surface area contributed by atoms with E-state index in [-0.39, 0.29) is 29.6 Å². The van der Waals surface area contributed by atoms with Crippen molar-refractivity contribution in [3.8, 4) is 5.75 Å². The first kappa shape index (κ1) is 19.4. The van der Waals surface area contributed by atoms with Crippen molar-refractivity contribution >= 4 is 17.6 Å². The Morgan fingerprint density at radius 1 is 1.25 bits per heavy atom. The van der Waals surface area contributed by atoms with E-state index in [4.69, 9.17) is 4.74 Å². The molecule has 1 atom stereocenters. The van der Waals surface area contributed by atoms with E-state index in [1.165, 1.54) is 37.3 Å². The number of amides is 1. The van der Waals surface area contributed by atoms with Crippen LogP contribution in [0.5, 0.6) is 5.75 Å². The molecule has 0 aliphatic rings. The smallest absolute Gasteiger partial charge is 0.311 e. The van der Waals surface area contributed by atoms with Gasteiger partial charge in [-0.3, -0.25) is 19.7 Å². The maximum absolute atomic E-state index is 12.7. The van der Waals surface area contributed by atoms with E-state index < -0.39 is 22.7 Å². The first-order chi connectivity index (χ1) is 11.2. The Hall–Kier alpha value is -2.64. The Labute approximate surface area is 140 Å². The number of hydrogen-bond acceptors (Lipinski definition) is 6. The minimum atomic E-state index is -0.605. The van der Waals surface area contributed by atoms with Crippen molar-refractivity contribution in [2.75, 3.05) is 20.8 Å². The number of nitrogens with zero attached hydrogens (tertiary/aromatic N) is 2. The summed E-state index contributed by atoms with van der Waals surface area (Å²) in [4.78, 5) is 36.3. The topological polar surface area (TPSA) is 99.0 Å². The third-order valence-electron chi connectivity index (χ3n) is 3.58. The lowest BCUT2D eigenvalue weighted by Gasteiger charge is -2.28. The second kappa shape index (κ2) is 8.28. The van der Waals surface area contributed by atoms with Crippen LogP contribution in [0.3, 0.4) is 0 Å². The normalized spacial score (nSPS) is 11.8. The molecular weight excluding hydrogens is 316 g/mol. The molecule has 0 saturated heterocycles. The first-order valence-electron chi connectivity index (χ1n) is 7.44. The van der Waals surface area contributed by atoms with Gasteiger partial charge >= 0.3 is 11.7 Å². The summed E-state index contributed by atoms with van der Waals surface area (Å²) < 4.78 is 9.61. The lowest BCUT2D eigenvalue weighted by atomic mass is 10.1. The molecule has 0 N–H and O–H groups in total. The number of rotatable bonds is 7. The largest absolute Gasteiger partial charge is 0.490 e. The summed E-state index contributed by atoms with van der Waals surface area (Å²) in [7, 11) is 2.61. The number of nitro groups is 1. The Bertz CT molecular complexity index is 629. The summed E-state index contributed by atoms with van der Waals surface area (Å²) in [6.45, 7) is 5.42. The molecule has 0 saturated carbocycles. The van der Waals surface area contributed by atoms with E-state index >= 15 is 0 Å². The van der Waals surface area contributed by atoms with Crippen LogP contribution < -0.4 is 4.74 Å². The lowest BCUT2D eigenvalue weighted by Crippen LogP contribution is -2.41. The van der Waals surface area contributed by atoms with Crippen LogP contribution in [-0.2, 0) is 9.53 Å². The fraction of sp³-hybridized carbons (Fsp3) is 0.500. The van der Waals surface area contributed by atoms with Crippen LogP contribution in [0, 0.1) is 16.0 Å². The summed E-state index contributed by atoms with van der Waals surface area (Å²) in [6, 6.07) is 3.84. The quantitative estimate of drug-likeness (QED) is 0.429. The van der Waals surface area contributed by atoms with E-state index in [2.05, 4.69) is 4.74 Å². The van der Waals surface area contributed by atoms with E-state index in [1.807, 2.05) is 0 Å². The summed E-state index contributed by atoms with van der Waals surface area (Å²) in [5.41, 5.74) is -0.124. The zero-order chi connectivity index (χ0) is 18.4. The van der Waals surface area contributed by atoms with Crippen molar-refractivity contribution in [2.24, 2.45) is 5.92 Å². The molecule has 0 fully saturated rings. The molecule has 0 bridgehead atoms. The zero-order valence-electron chi connectivity index (χ0n) is 14.4. The van der Waals surface area contributed by atoms with Crippen LogP contribution in [0.25, 0.3) is 0 Å². The highest BCUT2D eigenvalue weighted by atomic mass is 16.6. The summed E-state index contributed by atoms with van der Waals surface area (Å²) in [5.74, 6) is -1.24. The van der Waals surface area contributed by atoms with Crippen LogP contribution in [0.2, 0.25) is 0 Å². The number of carbonyl (C=O) groups excluding carboxylic acids is 2.